The molecule has 2 unspecified atom stereocenters. The zero-order valence-corrected chi connectivity index (χ0v) is 18.9. The first-order valence-corrected chi connectivity index (χ1v) is 12.5. The van der Waals surface area contributed by atoms with Crippen LogP contribution in [0.15, 0.2) is 12.1 Å². The Bertz CT molecular complexity index is 869. The smallest absolute Gasteiger partial charge is 0.272 e. The van der Waals surface area contributed by atoms with Gasteiger partial charge in [0.1, 0.15) is 5.78 Å². The molecule has 2 fully saturated rings. The van der Waals surface area contributed by atoms with Crippen LogP contribution in [0.3, 0.4) is 0 Å². The van der Waals surface area contributed by atoms with Gasteiger partial charge < -0.3 is 10.2 Å². The van der Waals surface area contributed by atoms with Crippen molar-refractivity contribution in [3.63, 3.8) is 0 Å². The summed E-state index contributed by atoms with van der Waals surface area (Å²) in [5, 5.41) is 14.4. The van der Waals surface area contributed by atoms with Crippen LogP contribution in [0, 0.1) is 28.9 Å². The molecule has 0 radical (unpaired) electrons. The Morgan fingerprint density at radius 1 is 1.26 bits per heavy atom. The maximum atomic E-state index is 12.8. The Kier molecular flexibility index (Phi) is 6.96. The van der Waals surface area contributed by atoms with Crippen molar-refractivity contribution in [3.8, 4) is 0 Å². The molecular weight excluding hydrogens is 414 g/mol. The molecule has 7 nitrogen and oxygen atoms in total. The minimum atomic E-state index is -0.338. The molecule has 168 valence electrons. The van der Waals surface area contributed by atoms with E-state index in [2.05, 4.69) is 5.32 Å². The minimum absolute atomic E-state index is 0.0916. The number of nitrogens with one attached hydrogen (secondary N) is 1. The van der Waals surface area contributed by atoms with Crippen LogP contribution in [-0.4, -0.2) is 52.3 Å². The molecular formula is C23H31N3O4S. The van der Waals surface area contributed by atoms with Crippen LogP contribution in [0.5, 0.6) is 0 Å². The zero-order valence-electron chi connectivity index (χ0n) is 18.1. The standard InChI is InChI=1S/C23H31N3O4S/c1-15-10-17-11-16(12-18(17)13-20(15)26(29)30)4-2-3-5-21(27)19-6-7-24-22(19)23(28)25-8-9-31-14-25/h10,13,16,19,22,24H,2-9,11-12,14H2,1H3/t16?,19?,22-/m1/s1. The molecule has 0 aromatic heterocycles. The van der Waals surface area contributed by atoms with Gasteiger partial charge in [-0.3, -0.25) is 19.7 Å². The van der Waals surface area contributed by atoms with E-state index in [-0.39, 0.29) is 34.3 Å². The van der Waals surface area contributed by atoms with Gasteiger partial charge in [-0.1, -0.05) is 6.42 Å². The maximum Gasteiger partial charge on any atom is 0.272 e. The molecule has 8 heteroatoms. The monoisotopic (exact) mass is 445 g/mol. The summed E-state index contributed by atoms with van der Waals surface area (Å²) in [7, 11) is 0. The molecule has 2 aliphatic heterocycles. The van der Waals surface area contributed by atoms with E-state index in [0.717, 1.165) is 74.4 Å². The molecule has 1 aromatic carbocycles. The molecule has 3 atom stereocenters. The average molecular weight is 446 g/mol. The van der Waals surface area contributed by atoms with Gasteiger partial charge in [0.25, 0.3) is 5.69 Å². The Morgan fingerprint density at radius 2 is 2.03 bits per heavy atom. The number of Topliss-reactive ketones (excluding diaryl/α,β-unsaturated/α-hetero) is 1. The van der Waals surface area contributed by atoms with Crippen LogP contribution in [-0.2, 0) is 22.4 Å². The molecule has 2 saturated heterocycles. The molecule has 0 saturated carbocycles. The molecule has 31 heavy (non-hydrogen) atoms. The third-order valence-corrected chi connectivity index (χ3v) is 7.95. The van der Waals surface area contributed by atoms with Gasteiger partial charge in [0.15, 0.2) is 0 Å². The van der Waals surface area contributed by atoms with E-state index in [1.807, 2.05) is 11.0 Å². The quantitative estimate of drug-likeness (QED) is 0.375. The number of carbonyl (C=O) groups is 2. The highest BCUT2D eigenvalue weighted by atomic mass is 32.2. The number of ketones is 1. The second-order valence-corrected chi connectivity index (χ2v) is 10.2. The predicted molar refractivity (Wildman–Crippen MR) is 121 cm³/mol. The summed E-state index contributed by atoms with van der Waals surface area (Å²) in [4.78, 5) is 38.3. The van der Waals surface area contributed by atoms with Crippen LogP contribution in [0.1, 0.15) is 48.8 Å². The number of nitrogens with zero attached hydrogens (tertiary/aromatic N) is 2. The van der Waals surface area contributed by atoms with E-state index < -0.39 is 0 Å². The molecule has 3 aliphatic rings. The Balaban J connectivity index is 1.22. The highest BCUT2D eigenvalue weighted by molar-refractivity contribution is 7.99. The number of carbonyl (C=O) groups excluding carboxylic acids is 2. The summed E-state index contributed by atoms with van der Waals surface area (Å²) in [5.74, 6) is 2.35. The molecule has 1 N–H and O–H groups in total. The first-order chi connectivity index (χ1) is 14.9. The number of nitro benzene ring substituents is 1. The topological polar surface area (TPSA) is 92.5 Å². The summed E-state index contributed by atoms with van der Waals surface area (Å²) in [6, 6.07) is 3.38. The number of hydrogen-bond acceptors (Lipinski definition) is 6. The second-order valence-electron chi connectivity index (χ2n) is 9.12. The van der Waals surface area contributed by atoms with Crippen LogP contribution < -0.4 is 5.32 Å². The lowest BCUT2D eigenvalue weighted by molar-refractivity contribution is -0.385. The van der Waals surface area contributed by atoms with E-state index in [1.165, 1.54) is 5.56 Å². The number of hydrogen-bond donors (Lipinski definition) is 1. The first-order valence-electron chi connectivity index (χ1n) is 11.3. The Morgan fingerprint density at radius 3 is 2.74 bits per heavy atom. The van der Waals surface area contributed by atoms with Crippen molar-refractivity contribution in [2.24, 2.45) is 11.8 Å². The van der Waals surface area contributed by atoms with Gasteiger partial charge in [-0.05, 0) is 68.7 Å². The van der Waals surface area contributed by atoms with E-state index in [1.54, 1.807) is 24.8 Å². The number of aryl methyl sites for hydroxylation is 1. The van der Waals surface area contributed by atoms with Crippen LogP contribution in [0.2, 0.25) is 0 Å². The summed E-state index contributed by atoms with van der Waals surface area (Å²) in [6.07, 6.45) is 6.02. The SMILES string of the molecule is Cc1cc2c(cc1[N+](=O)[O-])CC(CCCCC(=O)C1CCN[C@H]1C(=O)N1CCSC1)C2. The fraction of sp³-hybridized carbons (Fsp3) is 0.652. The fourth-order valence-corrected chi connectivity index (χ4v) is 6.24. The third kappa shape index (κ3) is 4.95. The largest absolute Gasteiger partial charge is 0.331 e. The van der Waals surface area contributed by atoms with Gasteiger partial charge in [0.05, 0.1) is 16.8 Å². The van der Waals surface area contributed by atoms with Crippen molar-refractivity contribution in [2.75, 3.05) is 24.7 Å². The molecule has 0 spiro atoms. The number of benzene rings is 1. The van der Waals surface area contributed by atoms with Crippen molar-refractivity contribution in [1.82, 2.24) is 10.2 Å². The van der Waals surface area contributed by atoms with Crippen LogP contribution in [0.4, 0.5) is 5.69 Å². The third-order valence-electron chi connectivity index (χ3n) is 6.98. The van der Waals surface area contributed by atoms with Crippen LogP contribution in [0.25, 0.3) is 0 Å². The minimum Gasteiger partial charge on any atom is -0.331 e. The van der Waals surface area contributed by atoms with Gasteiger partial charge in [-0.2, -0.15) is 0 Å². The van der Waals surface area contributed by atoms with Crippen molar-refractivity contribution in [2.45, 2.75) is 57.9 Å². The molecule has 4 rings (SSSR count). The van der Waals surface area contributed by atoms with Crippen LogP contribution >= 0.6 is 11.8 Å². The molecule has 2 heterocycles. The van der Waals surface area contributed by atoms with E-state index in [9.17, 15) is 19.7 Å². The number of fused-ring (bicyclic) bond motifs is 1. The highest BCUT2D eigenvalue weighted by Crippen LogP contribution is 2.34. The lowest BCUT2D eigenvalue weighted by Gasteiger charge is -2.23. The van der Waals surface area contributed by atoms with Gasteiger partial charge >= 0.3 is 0 Å². The number of nitro groups is 1. The zero-order chi connectivity index (χ0) is 22.0. The summed E-state index contributed by atoms with van der Waals surface area (Å²) < 4.78 is 0. The molecule has 1 aliphatic carbocycles. The first kappa shape index (κ1) is 22.3. The average Bonchev–Trinajstić information content (AvgIpc) is 3.50. The summed E-state index contributed by atoms with van der Waals surface area (Å²) in [6.45, 7) is 3.32. The summed E-state index contributed by atoms with van der Waals surface area (Å²) >= 11 is 1.77. The van der Waals surface area contributed by atoms with Gasteiger partial charge in [0.2, 0.25) is 5.91 Å². The van der Waals surface area contributed by atoms with Crippen molar-refractivity contribution < 1.29 is 14.5 Å². The number of amides is 1. The normalized spacial score (nSPS) is 25.1. The molecule has 1 aromatic rings. The van der Waals surface area contributed by atoms with Crippen molar-refractivity contribution in [1.29, 1.82) is 0 Å². The predicted octanol–water partition coefficient (Wildman–Crippen LogP) is 3.26. The van der Waals surface area contributed by atoms with Crippen molar-refractivity contribution in [3.05, 3.63) is 38.9 Å². The fourth-order valence-electron chi connectivity index (χ4n) is 5.29. The molecule has 1 amide bonds. The lowest BCUT2D eigenvalue weighted by atomic mass is 9.90. The van der Waals surface area contributed by atoms with Gasteiger partial charge in [-0.25, -0.2) is 0 Å². The Hall–Kier alpha value is -1.93. The van der Waals surface area contributed by atoms with E-state index >= 15 is 0 Å². The number of unbranched alkanes of at least 4 members (excludes halogenated alkanes) is 1. The highest BCUT2D eigenvalue weighted by Gasteiger charge is 2.39. The second kappa shape index (κ2) is 9.69. The molecule has 0 bridgehead atoms. The summed E-state index contributed by atoms with van der Waals surface area (Å²) in [5.41, 5.74) is 3.29. The number of rotatable bonds is 8. The van der Waals surface area contributed by atoms with Crippen molar-refractivity contribution >= 4 is 29.1 Å². The maximum absolute atomic E-state index is 12.8. The number of thioether (sulfide) groups is 1. The van der Waals surface area contributed by atoms with Gasteiger partial charge in [-0.15, -0.1) is 11.8 Å². The van der Waals surface area contributed by atoms with E-state index in [0.29, 0.717) is 12.3 Å². The van der Waals surface area contributed by atoms with E-state index in [4.69, 9.17) is 0 Å². The Labute approximate surface area is 187 Å². The van der Waals surface area contributed by atoms with Gasteiger partial charge in [0, 0.05) is 36.3 Å². The lowest BCUT2D eigenvalue weighted by Crippen LogP contribution is -2.47.